The summed E-state index contributed by atoms with van der Waals surface area (Å²) in [5, 5.41) is 0. The number of aryl methyl sites for hydroxylation is 3. The molecule has 0 aliphatic carbocycles. The Morgan fingerprint density at radius 2 is 1.62 bits per heavy atom. The zero-order valence-electron chi connectivity index (χ0n) is 15.6. The molecule has 0 aliphatic rings. The number of nitrogens with zero attached hydrogens (tertiary/aromatic N) is 1. The maximum absolute atomic E-state index is 13.2. The Bertz CT molecular complexity index is 901. The van der Waals surface area contributed by atoms with Crippen LogP contribution < -0.4 is 9.04 Å². The van der Waals surface area contributed by atoms with Gasteiger partial charge in [0.2, 0.25) is 0 Å². The van der Waals surface area contributed by atoms with E-state index >= 15 is 0 Å². The van der Waals surface area contributed by atoms with Gasteiger partial charge < -0.3 is 9.47 Å². The zero-order chi connectivity index (χ0) is 19.5. The predicted octanol–water partition coefficient (Wildman–Crippen LogP) is 2.99. The highest BCUT2D eigenvalue weighted by molar-refractivity contribution is 7.92. The van der Waals surface area contributed by atoms with Crippen LogP contribution in [-0.2, 0) is 19.6 Å². The van der Waals surface area contributed by atoms with E-state index < -0.39 is 22.5 Å². The minimum Gasteiger partial charge on any atom is -0.496 e. The van der Waals surface area contributed by atoms with Gasteiger partial charge in [0.1, 0.15) is 12.3 Å². The van der Waals surface area contributed by atoms with Crippen molar-refractivity contribution >= 4 is 21.7 Å². The molecule has 0 radical (unpaired) electrons. The van der Waals surface area contributed by atoms with Gasteiger partial charge in [-0.15, -0.1) is 0 Å². The molecule has 0 saturated carbocycles. The van der Waals surface area contributed by atoms with Crippen molar-refractivity contribution in [1.82, 2.24) is 0 Å². The lowest BCUT2D eigenvalue weighted by Gasteiger charge is -2.24. The van der Waals surface area contributed by atoms with Crippen molar-refractivity contribution in [3.63, 3.8) is 0 Å². The quantitative estimate of drug-likeness (QED) is 0.724. The number of rotatable bonds is 6. The van der Waals surface area contributed by atoms with Crippen LogP contribution in [0.15, 0.2) is 41.3 Å². The number of methoxy groups -OCH3 is 2. The molecule has 140 valence electrons. The molecule has 0 fully saturated rings. The normalized spacial score (nSPS) is 11.1. The van der Waals surface area contributed by atoms with E-state index in [0.29, 0.717) is 17.0 Å². The molecule has 2 aromatic rings. The Morgan fingerprint density at radius 1 is 1.00 bits per heavy atom. The number of hydrogen-bond acceptors (Lipinski definition) is 5. The van der Waals surface area contributed by atoms with Gasteiger partial charge in [0, 0.05) is 0 Å². The number of ether oxygens (including phenoxy) is 2. The molecule has 2 rings (SSSR count). The number of carbonyl (C=O) groups is 1. The fraction of sp³-hybridized carbons (Fsp3) is 0.316. The van der Waals surface area contributed by atoms with E-state index in [2.05, 4.69) is 4.74 Å². The number of carbonyl (C=O) groups excluding carboxylic acids is 1. The Kier molecular flexibility index (Phi) is 5.92. The molecule has 0 spiro atoms. The van der Waals surface area contributed by atoms with Crippen LogP contribution in [0.5, 0.6) is 5.75 Å². The fourth-order valence-corrected chi connectivity index (χ4v) is 4.21. The van der Waals surface area contributed by atoms with E-state index in [9.17, 15) is 13.2 Å². The van der Waals surface area contributed by atoms with Crippen LogP contribution in [0.3, 0.4) is 0 Å². The van der Waals surface area contributed by atoms with Crippen molar-refractivity contribution in [1.29, 1.82) is 0 Å². The van der Waals surface area contributed by atoms with Crippen LogP contribution in [-0.4, -0.2) is 35.2 Å². The summed E-state index contributed by atoms with van der Waals surface area (Å²) in [7, 11) is -1.21. The third-order valence-electron chi connectivity index (χ3n) is 3.95. The molecular weight excluding hydrogens is 354 g/mol. The number of esters is 1. The molecule has 0 aromatic heterocycles. The summed E-state index contributed by atoms with van der Waals surface area (Å²) in [5.41, 5.74) is 2.90. The molecule has 0 heterocycles. The molecule has 6 nitrogen and oxygen atoms in total. The molecule has 2 aromatic carbocycles. The zero-order valence-corrected chi connectivity index (χ0v) is 16.4. The van der Waals surface area contributed by atoms with Gasteiger partial charge >= 0.3 is 5.97 Å². The third-order valence-corrected chi connectivity index (χ3v) is 5.72. The van der Waals surface area contributed by atoms with E-state index in [4.69, 9.17) is 4.74 Å². The lowest BCUT2D eigenvalue weighted by molar-refractivity contribution is -0.138. The Labute approximate surface area is 154 Å². The van der Waals surface area contributed by atoms with Gasteiger partial charge in [-0.25, -0.2) is 8.42 Å². The summed E-state index contributed by atoms with van der Waals surface area (Å²) in [4.78, 5) is 11.9. The smallest absolute Gasteiger partial charge is 0.326 e. The van der Waals surface area contributed by atoms with E-state index in [0.717, 1.165) is 15.4 Å². The van der Waals surface area contributed by atoms with Crippen molar-refractivity contribution in [3.05, 3.63) is 53.1 Å². The summed E-state index contributed by atoms with van der Waals surface area (Å²) >= 11 is 0. The highest BCUT2D eigenvalue weighted by atomic mass is 32.2. The maximum atomic E-state index is 13.2. The van der Waals surface area contributed by atoms with Crippen LogP contribution in [0.1, 0.15) is 16.7 Å². The van der Waals surface area contributed by atoms with E-state index in [1.165, 1.54) is 26.4 Å². The number of sulfonamides is 1. The van der Waals surface area contributed by atoms with Gasteiger partial charge in [-0.2, -0.15) is 0 Å². The summed E-state index contributed by atoms with van der Waals surface area (Å²) in [6.45, 7) is 5.10. The highest BCUT2D eigenvalue weighted by Gasteiger charge is 2.28. The second kappa shape index (κ2) is 7.78. The Balaban J connectivity index is 2.59. The molecule has 0 unspecified atom stereocenters. The summed E-state index contributed by atoms with van der Waals surface area (Å²) in [6.07, 6.45) is 0. The van der Waals surface area contributed by atoms with Gasteiger partial charge in [-0.05, 0) is 67.8 Å². The van der Waals surface area contributed by atoms with Gasteiger partial charge in [-0.1, -0.05) is 6.07 Å². The molecule has 0 amide bonds. The van der Waals surface area contributed by atoms with Crippen LogP contribution >= 0.6 is 0 Å². The van der Waals surface area contributed by atoms with Gasteiger partial charge in [0.25, 0.3) is 10.0 Å². The van der Waals surface area contributed by atoms with Gasteiger partial charge in [-0.3, -0.25) is 9.10 Å². The van der Waals surface area contributed by atoms with Crippen molar-refractivity contribution in [2.75, 3.05) is 25.1 Å². The van der Waals surface area contributed by atoms with Crippen LogP contribution in [0.4, 0.5) is 5.69 Å². The average molecular weight is 377 g/mol. The Morgan fingerprint density at radius 3 is 2.12 bits per heavy atom. The molecule has 0 N–H and O–H groups in total. The largest absolute Gasteiger partial charge is 0.496 e. The highest BCUT2D eigenvalue weighted by Crippen LogP contribution is 2.28. The minimum atomic E-state index is -3.96. The van der Waals surface area contributed by atoms with Gasteiger partial charge in [0.15, 0.2) is 0 Å². The topological polar surface area (TPSA) is 72.9 Å². The molecule has 0 saturated heterocycles. The van der Waals surface area contributed by atoms with E-state index in [1.807, 2.05) is 19.9 Å². The summed E-state index contributed by atoms with van der Waals surface area (Å²) < 4.78 is 37.4. The third kappa shape index (κ3) is 4.16. The van der Waals surface area contributed by atoms with Crippen molar-refractivity contribution in [2.45, 2.75) is 25.7 Å². The van der Waals surface area contributed by atoms with Gasteiger partial charge in [0.05, 0.1) is 24.8 Å². The summed E-state index contributed by atoms with van der Waals surface area (Å²) in [6, 6.07) is 9.98. The Hall–Kier alpha value is -2.54. The first-order chi connectivity index (χ1) is 12.2. The monoisotopic (exact) mass is 377 g/mol. The lowest BCUT2D eigenvalue weighted by atomic mass is 10.1. The van der Waals surface area contributed by atoms with E-state index in [-0.39, 0.29) is 4.90 Å². The molecule has 0 atom stereocenters. The molecule has 26 heavy (non-hydrogen) atoms. The standard InChI is InChI=1S/C19H23NO5S/c1-13-8-14(2)10-16(9-13)20(12-19(21)25-5)26(22,23)17-6-7-18(24-4)15(3)11-17/h6-11H,12H2,1-5H3. The van der Waals surface area contributed by atoms with Crippen LogP contribution in [0.2, 0.25) is 0 Å². The first-order valence-corrected chi connectivity index (χ1v) is 9.45. The second-order valence-corrected chi connectivity index (χ2v) is 7.93. The van der Waals surface area contributed by atoms with E-state index in [1.54, 1.807) is 25.1 Å². The maximum Gasteiger partial charge on any atom is 0.326 e. The van der Waals surface area contributed by atoms with Crippen LogP contribution in [0, 0.1) is 20.8 Å². The molecule has 0 bridgehead atoms. The molecule has 0 aliphatic heterocycles. The fourth-order valence-electron chi connectivity index (χ4n) is 2.73. The number of hydrogen-bond donors (Lipinski definition) is 0. The van der Waals surface area contributed by atoms with Crippen molar-refractivity contribution < 1.29 is 22.7 Å². The molecular formula is C19H23NO5S. The summed E-state index contributed by atoms with van der Waals surface area (Å²) in [5.74, 6) is -0.0483. The van der Waals surface area contributed by atoms with Crippen molar-refractivity contribution in [2.24, 2.45) is 0 Å². The minimum absolute atomic E-state index is 0.0823. The SMILES string of the molecule is COC(=O)CN(c1cc(C)cc(C)c1)S(=O)(=O)c1ccc(OC)c(C)c1. The second-order valence-electron chi connectivity index (χ2n) is 6.07. The number of anilines is 1. The van der Waals surface area contributed by atoms with Crippen molar-refractivity contribution in [3.8, 4) is 5.75 Å². The average Bonchev–Trinajstić information content (AvgIpc) is 2.58. The van der Waals surface area contributed by atoms with Crippen LogP contribution in [0.25, 0.3) is 0 Å². The predicted molar refractivity (Wildman–Crippen MR) is 100 cm³/mol. The molecule has 7 heteroatoms. The first-order valence-electron chi connectivity index (χ1n) is 8.01. The lowest BCUT2D eigenvalue weighted by Crippen LogP contribution is -2.36. The first kappa shape index (κ1) is 19.8. The number of benzene rings is 2.